The lowest BCUT2D eigenvalue weighted by molar-refractivity contribution is -0.133. The van der Waals surface area contributed by atoms with E-state index in [0.29, 0.717) is 18.8 Å². The van der Waals surface area contributed by atoms with Crippen LogP contribution in [0.15, 0.2) is 131 Å². The van der Waals surface area contributed by atoms with Gasteiger partial charge in [0.1, 0.15) is 5.76 Å². The number of benzene rings is 4. The largest absolute Gasteiger partial charge is 0.468 e. The van der Waals surface area contributed by atoms with Crippen LogP contribution in [0.1, 0.15) is 29.3 Å². The second-order valence-electron chi connectivity index (χ2n) is 10.8. The van der Waals surface area contributed by atoms with Gasteiger partial charge >= 0.3 is 0 Å². The molecule has 43 heavy (non-hydrogen) atoms. The van der Waals surface area contributed by atoms with Gasteiger partial charge in [0, 0.05) is 39.1 Å². The molecule has 2 heterocycles. The SMILES string of the molecule is O=C(CCN(Cc1ccco1)S(=O)(=O)c1ccc2ccccc2c1)N1CCN(C(c2ccccc2)c2ccccc2)CC1. The Kier molecular flexibility index (Phi) is 8.69. The van der Waals surface area contributed by atoms with Crippen LogP contribution in [0.25, 0.3) is 10.8 Å². The van der Waals surface area contributed by atoms with E-state index in [1.165, 1.54) is 21.7 Å². The van der Waals surface area contributed by atoms with Crippen molar-refractivity contribution in [2.45, 2.75) is 23.9 Å². The summed E-state index contributed by atoms with van der Waals surface area (Å²) in [6.45, 7) is 2.75. The summed E-state index contributed by atoms with van der Waals surface area (Å²) in [7, 11) is -3.88. The van der Waals surface area contributed by atoms with Gasteiger partial charge in [-0.3, -0.25) is 9.69 Å². The molecule has 1 fully saturated rings. The van der Waals surface area contributed by atoms with Crippen molar-refractivity contribution in [3.8, 4) is 0 Å². The van der Waals surface area contributed by atoms with E-state index in [2.05, 4.69) is 53.4 Å². The van der Waals surface area contributed by atoms with Crippen molar-refractivity contribution in [1.29, 1.82) is 0 Å². The molecule has 1 aliphatic rings. The van der Waals surface area contributed by atoms with Gasteiger partial charge in [-0.15, -0.1) is 0 Å². The molecule has 6 rings (SSSR count). The lowest BCUT2D eigenvalue weighted by atomic mass is 9.96. The van der Waals surface area contributed by atoms with Gasteiger partial charge < -0.3 is 9.32 Å². The Balaban J connectivity index is 1.14. The molecule has 8 heteroatoms. The number of carbonyl (C=O) groups is 1. The third-order valence-electron chi connectivity index (χ3n) is 8.11. The minimum absolute atomic E-state index is 0.0474. The second kappa shape index (κ2) is 13.0. The van der Waals surface area contributed by atoms with Gasteiger partial charge in [-0.05, 0) is 46.2 Å². The predicted octanol–water partition coefficient (Wildman–Crippen LogP) is 5.95. The average Bonchev–Trinajstić information content (AvgIpc) is 3.57. The summed E-state index contributed by atoms with van der Waals surface area (Å²) in [5.41, 5.74) is 2.45. The summed E-state index contributed by atoms with van der Waals surface area (Å²) in [6, 6.07) is 37.3. The third kappa shape index (κ3) is 6.57. The summed E-state index contributed by atoms with van der Waals surface area (Å²) in [6.07, 6.45) is 1.62. The summed E-state index contributed by atoms with van der Waals surface area (Å²) in [4.78, 5) is 17.9. The van der Waals surface area contributed by atoms with Crippen LogP contribution in [-0.2, 0) is 21.4 Å². The number of carbonyl (C=O) groups excluding carboxylic acids is 1. The minimum Gasteiger partial charge on any atom is -0.468 e. The number of rotatable bonds is 10. The Morgan fingerprint density at radius 1 is 0.744 bits per heavy atom. The zero-order valence-corrected chi connectivity index (χ0v) is 24.8. The standard InChI is InChI=1S/C35H35N3O4S/c39-34(36-21-23-37(24-22-36)35(29-11-3-1-4-12-29)30-13-5-2-6-14-30)19-20-38(27-32-16-9-25-42-32)43(40,41)33-18-17-28-10-7-8-15-31(28)26-33/h1-18,25-26,35H,19-24,27H2. The van der Waals surface area contributed by atoms with E-state index in [-0.39, 0.29) is 36.4 Å². The molecule has 1 aliphatic heterocycles. The molecule has 0 aliphatic carbocycles. The van der Waals surface area contributed by atoms with E-state index < -0.39 is 10.0 Å². The summed E-state index contributed by atoms with van der Waals surface area (Å²) in [5.74, 6) is 0.479. The van der Waals surface area contributed by atoms with E-state index in [1.807, 2.05) is 47.4 Å². The van der Waals surface area contributed by atoms with Crippen LogP contribution in [0.5, 0.6) is 0 Å². The van der Waals surface area contributed by atoms with Crippen molar-refractivity contribution >= 4 is 26.7 Å². The molecule has 0 radical (unpaired) electrons. The van der Waals surface area contributed by atoms with Gasteiger partial charge in [0.05, 0.1) is 23.7 Å². The molecule has 5 aromatic rings. The highest BCUT2D eigenvalue weighted by atomic mass is 32.2. The van der Waals surface area contributed by atoms with Crippen LogP contribution in [-0.4, -0.2) is 61.2 Å². The highest BCUT2D eigenvalue weighted by Gasteiger charge is 2.30. The fourth-order valence-electron chi connectivity index (χ4n) is 5.83. The van der Waals surface area contributed by atoms with Crippen molar-refractivity contribution in [1.82, 2.24) is 14.1 Å². The normalized spacial score (nSPS) is 14.5. The van der Waals surface area contributed by atoms with Gasteiger partial charge in [-0.25, -0.2) is 8.42 Å². The fraction of sp³-hybridized carbons (Fsp3) is 0.229. The topological polar surface area (TPSA) is 74.1 Å². The fourth-order valence-corrected chi connectivity index (χ4v) is 7.27. The molecule has 7 nitrogen and oxygen atoms in total. The zero-order valence-electron chi connectivity index (χ0n) is 24.0. The minimum atomic E-state index is -3.88. The molecule has 0 unspecified atom stereocenters. The Bertz CT molecular complexity index is 1710. The van der Waals surface area contributed by atoms with Crippen LogP contribution >= 0.6 is 0 Å². The Morgan fingerprint density at radius 3 is 2.00 bits per heavy atom. The van der Waals surface area contributed by atoms with Gasteiger partial charge in [-0.1, -0.05) is 91.0 Å². The van der Waals surface area contributed by atoms with E-state index >= 15 is 0 Å². The molecule has 0 saturated carbocycles. The van der Waals surface area contributed by atoms with E-state index in [0.717, 1.165) is 23.9 Å². The number of sulfonamides is 1. The lowest BCUT2D eigenvalue weighted by Crippen LogP contribution is -2.50. The molecule has 220 valence electrons. The molecule has 1 amide bonds. The molecule has 0 atom stereocenters. The number of hydrogen-bond acceptors (Lipinski definition) is 5. The summed E-state index contributed by atoms with van der Waals surface area (Å²) >= 11 is 0. The average molecular weight is 594 g/mol. The molecular weight excluding hydrogens is 558 g/mol. The van der Waals surface area contributed by atoms with Crippen molar-refractivity contribution in [3.63, 3.8) is 0 Å². The highest BCUT2D eigenvalue weighted by Crippen LogP contribution is 2.30. The number of fused-ring (bicyclic) bond motifs is 1. The van der Waals surface area contributed by atoms with Crippen molar-refractivity contribution in [3.05, 3.63) is 138 Å². The number of piperazine rings is 1. The molecule has 0 N–H and O–H groups in total. The van der Waals surface area contributed by atoms with Crippen molar-refractivity contribution in [2.75, 3.05) is 32.7 Å². The first-order valence-electron chi connectivity index (χ1n) is 14.6. The van der Waals surface area contributed by atoms with Gasteiger partial charge in [0.2, 0.25) is 15.9 Å². The maximum atomic E-state index is 13.8. The van der Waals surface area contributed by atoms with Crippen LogP contribution in [0.2, 0.25) is 0 Å². The number of furan rings is 1. The Hall–Kier alpha value is -4.24. The maximum absolute atomic E-state index is 13.8. The molecular formula is C35H35N3O4S. The Morgan fingerprint density at radius 2 is 1.37 bits per heavy atom. The smallest absolute Gasteiger partial charge is 0.243 e. The molecule has 4 aromatic carbocycles. The predicted molar refractivity (Wildman–Crippen MR) is 168 cm³/mol. The second-order valence-corrected chi connectivity index (χ2v) is 12.8. The lowest BCUT2D eigenvalue weighted by Gasteiger charge is -2.40. The quantitative estimate of drug-likeness (QED) is 0.200. The summed E-state index contributed by atoms with van der Waals surface area (Å²) < 4.78 is 34.5. The molecule has 1 aromatic heterocycles. The van der Waals surface area contributed by atoms with E-state index in [4.69, 9.17) is 4.42 Å². The molecule has 1 saturated heterocycles. The number of hydrogen-bond donors (Lipinski definition) is 0. The van der Waals surface area contributed by atoms with Crippen LogP contribution in [0.3, 0.4) is 0 Å². The van der Waals surface area contributed by atoms with Gasteiger partial charge in [0.25, 0.3) is 0 Å². The number of nitrogens with zero attached hydrogens (tertiary/aromatic N) is 3. The monoisotopic (exact) mass is 593 g/mol. The molecule has 0 bridgehead atoms. The van der Waals surface area contributed by atoms with Crippen LogP contribution < -0.4 is 0 Å². The van der Waals surface area contributed by atoms with Crippen LogP contribution in [0, 0.1) is 0 Å². The van der Waals surface area contributed by atoms with Gasteiger partial charge in [0.15, 0.2) is 0 Å². The highest BCUT2D eigenvalue weighted by molar-refractivity contribution is 7.89. The maximum Gasteiger partial charge on any atom is 0.243 e. The Labute approximate surface area is 253 Å². The van der Waals surface area contributed by atoms with E-state index in [1.54, 1.807) is 24.3 Å². The van der Waals surface area contributed by atoms with Crippen molar-refractivity contribution < 1.29 is 17.6 Å². The van der Waals surface area contributed by atoms with Gasteiger partial charge in [-0.2, -0.15) is 4.31 Å². The first-order chi connectivity index (χ1) is 21.0. The van der Waals surface area contributed by atoms with E-state index in [9.17, 15) is 13.2 Å². The van der Waals surface area contributed by atoms with Crippen LogP contribution in [0.4, 0.5) is 0 Å². The third-order valence-corrected chi connectivity index (χ3v) is 9.95. The first-order valence-corrected chi connectivity index (χ1v) is 16.1. The number of amides is 1. The zero-order chi connectivity index (χ0) is 29.6. The van der Waals surface area contributed by atoms with Crippen molar-refractivity contribution in [2.24, 2.45) is 0 Å². The first kappa shape index (κ1) is 28.9. The summed E-state index contributed by atoms with van der Waals surface area (Å²) in [5, 5.41) is 1.81. The molecule has 0 spiro atoms.